The minimum absolute atomic E-state index is 0.211. The zero-order valence-electron chi connectivity index (χ0n) is 5.96. The van der Waals surface area contributed by atoms with Crippen LogP contribution in [0.15, 0.2) is 0 Å². The van der Waals surface area contributed by atoms with Crippen molar-refractivity contribution in [2.45, 2.75) is 19.8 Å². The van der Waals surface area contributed by atoms with Gasteiger partial charge in [-0.1, -0.05) is 6.92 Å². The molecule has 0 spiro atoms. The zero-order chi connectivity index (χ0) is 7.82. The Balaban J connectivity index is 3.15. The molecular formula is C7H10NO2. The van der Waals surface area contributed by atoms with Crippen LogP contribution in [0.1, 0.15) is 19.8 Å². The van der Waals surface area contributed by atoms with Crippen molar-refractivity contribution in [1.82, 2.24) is 0 Å². The smallest absolute Gasteiger partial charge is 0.306 e. The van der Waals surface area contributed by atoms with E-state index in [1.54, 1.807) is 13.3 Å². The molecule has 0 bridgehead atoms. The minimum Gasteiger partial charge on any atom is -0.465 e. The first-order valence-corrected chi connectivity index (χ1v) is 3.11. The van der Waals surface area contributed by atoms with Gasteiger partial charge >= 0.3 is 5.97 Å². The lowest BCUT2D eigenvalue weighted by molar-refractivity contribution is -0.142. The molecule has 3 nitrogen and oxygen atoms in total. The number of carbonyl (C=O) groups excluding carboxylic acids is 1. The van der Waals surface area contributed by atoms with E-state index in [0.29, 0.717) is 6.42 Å². The first-order valence-electron chi connectivity index (χ1n) is 3.11. The van der Waals surface area contributed by atoms with E-state index < -0.39 is 0 Å². The third kappa shape index (κ3) is 5.10. The van der Waals surface area contributed by atoms with E-state index in [9.17, 15) is 4.79 Å². The molecule has 0 N–H and O–H groups in total. The van der Waals surface area contributed by atoms with Crippen LogP contribution in [-0.2, 0) is 9.53 Å². The fourth-order valence-corrected chi connectivity index (χ4v) is 0.436. The molecule has 0 aromatic heterocycles. The number of rotatable bonds is 4. The van der Waals surface area contributed by atoms with Gasteiger partial charge in [-0.05, 0) is 6.42 Å². The number of nitriles is 1. The fraction of sp³-hybridized carbons (Fsp3) is 0.571. The molecule has 0 amide bonds. The van der Waals surface area contributed by atoms with Gasteiger partial charge in [-0.25, -0.2) is 0 Å². The Morgan fingerprint density at radius 1 is 1.80 bits per heavy atom. The molecule has 0 rings (SSSR count). The Bertz CT molecular complexity index is 137. The standard InChI is InChI=1S/C7H10NO2/c1-2-4-7(9)10-6-3-5-8/h2H,3-4,6H2,1H3. The molecular weight excluding hydrogens is 130 g/mol. The fourth-order valence-electron chi connectivity index (χ4n) is 0.436. The first kappa shape index (κ1) is 8.96. The molecule has 3 heteroatoms. The van der Waals surface area contributed by atoms with Gasteiger partial charge in [-0.3, -0.25) is 4.79 Å². The number of nitrogens with zero attached hydrogens (tertiary/aromatic N) is 1. The van der Waals surface area contributed by atoms with Crippen molar-refractivity contribution in [3.8, 4) is 6.07 Å². The summed E-state index contributed by atoms with van der Waals surface area (Å²) in [7, 11) is 0. The van der Waals surface area contributed by atoms with Crippen molar-refractivity contribution in [2.75, 3.05) is 6.61 Å². The highest BCUT2D eigenvalue weighted by atomic mass is 16.5. The van der Waals surface area contributed by atoms with Crippen molar-refractivity contribution >= 4 is 5.97 Å². The van der Waals surface area contributed by atoms with E-state index in [1.807, 2.05) is 6.07 Å². The normalized spacial score (nSPS) is 8.40. The number of hydrogen-bond donors (Lipinski definition) is 0. The van der Waals surface area contributed by atoms with Crippen LogP contribution in [0.3, 0.4) is 0 Å². The van der Waals surface area contributed by atoms with E-state index in [4.69, 9.17) is 5.26 Å². The van der Waals surface area contributed by atoms with Gasteiger partial charge in [0.1, 0.15) is 6.61 Å². The third-order valence-corrected chi connectivity index (χ3v) is 0.848. The summed E-state index contributed by atoms with van der Waals surface area (Å²) in [5, 5.41) is 8.06. The summed E-state index contributed by atoms with van der Waals surface area (Å²) < 4.78 is 4.63. The second-order valence-electron chi connectivity index (χ2n) is 1.74. The second-order valence-corrected chi connectivity index (χ2v) is 1.74. The van der Waals surface area contributed by atoms with Crippen molar-refractivity contribution in [2.24, 2.45) is 0 Å². The second kappa shape index (κ2) is 6.09. The van der Waals surface area contributed by atoms with Gasteiger partial charge in [-0.2, -0.15) is 5.26 Å². The van der Waals surface area contributed by atoms with E-state index in [0.717, 1.165) is 0 Å². The molecule has 0 aliphatic carbocycles. The monoisotopic (exact) mass is 140 g/mol. The van der Waals surface area contributed by atoms with Crippen LogP contribution in [0.2, 0.25) is 0 Å². The highest BCUT2D eigenvalue weighted by molar-refractivity contribution is 5.70. The molecule has 0 saturated heterocycles. The van der Waals surface area contributed by atoms with Crippen LogP contribution in [-0.4, -0.2) is 12.6 Å². The molecule has 0 heterocycles. The molecule has 0 aliphatic heterocycles. The molecule has 1 radical (unpaired) electrons. The predicted octanol–water partition coefficient (Wildman–Crippen LogP) is 1.06. The van der Waals surface area contributed by atoms with Crippen molar-refractivity contribution in [3.05, 3.63) is 6.42 Å². The topological polar surface area (TPSA) is 50.1 Å². The quantitative estimate of drug-likeness (QED) is 0.433. The van der Waals surface area contributed by atoms with E-state index in [2.05, 4.69) is 4.74 Å². The molecule has 0 aromatic carbocycles. The van der Waals surface area contributed by atoms with Crippen molar-refractivity contribution < 1.29 is 9.53 Å². The number of hydrogen-bond acceptors (Lipinski definition) is 3. The van der Waals surface area contributed by atoms with Crippen LogP contribution < -0.4 is 0 Å². The maximum Gasteiger partial charge on any atom is 0.306 e. The molecule has 0 atom stereocenters. The summed E-state index contributed by atoms with van der Waals surface area (Å²) in [5.74, 6) is -0.266. The minimum atomic E-state index is -0.266. The predicted molar refractivity (Wildman–Crippen MR) is 35.8 cm³/mol. The van der Waals surface area contributed by atoms with Gasteiger partial charge in [0, 0.05) is 6.42 Å². The molecule has 0 aliphatic rings. The highest BCUT2D eigenvalue weighted by Crippen LogP contribution is 1.90. The summed E-state index contributed by atoms with van der Waals surface area (Å²) >= 11 is 0. The van der Waals surface area contributed by atoms with Crippen LogP contribution in [0.5, 0.6) is 0 Å². The Morgan fingerprint density at radius 2 is 2.50 bits per heavy atom. The Kier molecular flexibility index (Phi) is 5.45. The van der Waals surface area contributed by atoms with Gasteiger partial charge in [0.2, 0.25) is 0 Å². The summed E-state index contributed by atoms with van der Waals surface area (Å²) in [6.07, 6.45) is 2.32. The van der Waals surface area contributed by atoms with Gasteiger partial charge in [0.25, 0.3) is 0 Å². The summed E-state index contributed by atoms with van der Waals surface area (Å²) in [6, 6.07) is 1.88. The zero-order valence-corrected chi connectivity index (χ0v) is 5.96. The average Bonchev–Trinajstić information content (AvgIpc) is 1.89. The molecule has 0 saturated carbocycles. The first-order chi connectivity index (χ1) is 4.81. The third-order valence-electron chi connectivity index (χ3n) is 0.848. The molecule has 10 heavy (non-hydrogen) atoms. The van der Waals surface area contributed by atoms with Crippen LogP contribution in [0.4, 0.5) is 0 Å². The lowest BCUT2D eigenvalue weighted by atomic mass is 10.3. The highest BCUT2D eigenvalue weighted by Gasteiger charge is 1.98. The number of ether oxygens (including phenoxy) is 1. The Morgan fingerprint density at radius 3 is 3.00 bits per heavy atom. The lowest BCUT2D eigenvalue weighted by Gasteiger charge is -1.98. The van der Waals surface area contributed by atoms with Gasteiger partial charge < -0.3 is 4.74 Å². The van der Waals surface area contributed by atoms with Gasteiger partial charge in [0.15, 0.2) is 0 Å². The van der Waals surface area contributed by atoms with Crippen LogP contribution in [0, 0.1) is 17.8 Å². The average molecular weight is 140 g/mol. The largest absolute Gasteiger partial charge is 0.465 e. The molecule has 55 valence electrons. The molecule has 0 aromatic rings. The van der Waals surface area contributed by atoms with Crippen LogP contribution in [0.25, 0.3) is 0 Å². The summed E-state index contributed by atoms with van der Waals surface area (Å²) in [4.78, 5) is 10.6. The Labute approximate surface area is 60.6 Å². The van der Waals surface area contributed by atoms with Crippen molar-refractivity contribution in [1.29, 1.82) is 5.26 Å². The SMILES string of the molecule is C[CH]CC(=O)OCCC#N. The van der Waals surface area contributed by atoms with E-state index >= 15 is 0 Å². The maximum absolute atomic E-state index is 10.6. The molecule has 0 unspecified atom stereocenters. The number of esters is 1. The summed E-state index contributed by atoms with van der Waals surface area (Å²) in [5.41, 5.74) is 0. The van der Waals surface area contributed by atoms with Gasteiger partial charge in [0.05, 0.1) is 12.5 Å². The summed E-state index contributed by atoms with van der Waals surface area (Å²) in [6.45, 7) is 1.99. The lowest BCUT2D eigenvalue weighted by Crippen LogP contribution is -2.04. The molecule has 0 fully saturated rings. The number of carbonyl (C=O) groups is 1. The van der Waals surface area contributed by atoms with E-state index in [1.165, 1.54) is 0 Å². The maximum atomic E-state index is 10.6. The van der Waals surface area contributed by atoms with Gasteiger partial charge in [-0.15, -0.1) is 0 Å². The Hall–Kier alpha value is -1.04. The van der Waals surface area contributed by atoms with E-state index in [-0.39, 0.29) is 19.0 Å². The van der Waals surface area contributed by atoms with Crippen molar-refractivity contribution in [3.63, 3.8) is 0 Å². The van der Waals surface area contributed by atoms with Crippen LogP contribution >= 0.6 is 0 Å².